The molecule has 6 heterocycles. The number of carboxylic acid groups (broad SMARTS) is 1. The molecule has 2 atom stereocenters. The van der Waals surface area contributed by atoms with Gasteiger partial charge in [0.05, 0.1) is 41.0 Å². The van der Waals surface area contributed by atoms with Crippen molar-refractivity contribution in [2.24, 2.45) is 0 Å². The molecule has 14 nitrogen and oxygen atoms in total. The molecular weight excluding hydrogens is 742 g/mol. The van der Waals surface area contributed by atoms with E-state index in [0.29, 0.717) is 66.7 Å². The maximum absolute atomic E-state index is 15.1. The fraction of sp³-hybridized carbons (Fsp3) is 0.474. The van der Waals surface area contributed by atoms with Gasteiger partial charge < -0.3 is 48.1 Å². The molecule has 0 saturated carbocycles. The minimum Gasteiger partial charge on any atom is -0.487 e. The van der Waals surface area contributed by atoms with Crippen LogP contribution in [0.1, 0.15) is 46.6 Å². The van der Waals surface area contributed by atoms with Crippen LogP contribution in [-0.4, -0.2) is 129 Å². The topological polar surface area (TPSA) is 139 Å². The van der Waals surface area contributed by atoms with Crippen LogP contribution >= 0.6 is 11.6 Å². The lowest BCUT2D eigenvalue weighted by Crippen LogP contribution is -2.45. The van der Waals surface area contributed by atoms with Crippen LogP contribution in [0.2, 0.25) is 0 Å². The standard InChI is InChI=1S/C19H22FN3O4.C18H20FN3O4.CH3Cl/c1-11-10-27-18-15-12(17(24)13(9-23(11)15)19(25)26-3)8-14(20)16(18)22-6-4-21(2)5-7-22;1-10-9-26-17-14-11(16(23)12(18(24)25)8-22(10)14)7-13(19)15(17)21-5-3-20(2)4-6-21;1-2/h8-9,11H,4-7,10H2,1-3H3;7-8,10H,3-6,9H2,1-2H3,(H,24,25);1H3/t11-;10-;/m00./s1. The van der Waals surface area contributed by atoms with Crippen LogP contribution in [0.4, 0.5) is 20.2 Å². The minimum atomic E-state index is -1.32. The molecule has 1 N–H and O–H groups in total. The van der Waals surface area contributed by atoms with E-state index >= 15 is 4.39 Å². The number of pyridine rings is 2. The van der Waals surface area contributed by atoms with Crippen LogP contribution in [0.15, 0.2) is 34.1 Å². The van der Waals surface area contributed by atoms with Crippen LogP contribution in [0.5, 0.6) is 11.5 Å². The van der Waals surface area contributed by atoms with E-state index in [0.717, 1.165) is 32.2 Å². The van der Waals surface area contributed by atoms with Crippen molar-refractivity contribution >= 4 is 56.7 Å². The monoisotopic (exact) mass is 786 g/mol. The summed E-state index contributed by atoms with van der Waals surface area (Å²) in [5.74, 6) is -2.41. The number of aromatic carboxylic acids is 1. The third-order valence-electron chi connectivity index (χ3n) is 10.6. The second-order valence-electron chi connectivity index (χ2n) is 14.1. The number of benzene rings is 2. The normalized spacial score (nSPS) is 19.4. The Labute approximate surface area is 320 Å². The van der Waals surface area contributed by atoms with Gasteiger partial charge in [0.2, 0.25) is 10.9 Å². The highest BCUT2D eigenvalue weighted by Gasteiger charge is 2.33. The maximum Gasteiger partial charge on any atom is 0.343 e. The Kier molecular flexibility index (Phi) is 11.6. The van der Waals surface area contributed by atoms with Gasteiger partial charge in [-0.1, -0.05) is 0 Å². The van der Waals surface area contributed by atoms with Crippen molar-refractivity contribution in [2.75, 3.05) is 103 Å². The molecule has 0 radical (unpaired) electrons. The van der Waals surface area contributed by atoms with Crippen molar-refractivity contribution < 1.29 is 37.7 Å². The first kappa shape index (κ1) is 39.8. The third kappa shape index (κ3) is 7.18. The highest BCUT2D eigenvalue weighted by molar-refractivity contribution is 6.15. The molecule has 0 amide bonds. The minimum absolute atomic E-state index is 0.0434. The van der Waals surface area contributed by atoms with Crippen LogP contribution in [0.25, 0.3) is 21.8 Å². The van der Waals surface area contributed by atoms with E-state index in [2.05, 4.69) is 21.4 Å². The van der Waals surface area contributed by atoms with E-state index < -0.39 is 34.4 Å². The average molecular weight is 787 g/mol. The number of hydrogen-bond acceptors (Lipinski definition) is 11. The fourth-order valence-corrected chi connectivity index (χ4v) is 7.48. The number of rotatable bonds is 4. The quantitative estimate of drug-likeness (QED) is 0.236. The number of piperazine rings is 2. The highest BCUT2D eigenvalue weighted by atomic mass is 35.5. The largest absolute Gasteiger partial charge is 0.487 e. The van der Waals surface area contributed by atoms with Gasteiger partial charge in [-0.05, 0) is 40.1 Å². The number of nitrogens with zero attached hydrogens (tertiary/aromatic N) is 6. The van der Waals surface area contributed by atoms with Gasteiger partial charge in [0.15, 0.2) is 23.1 Å². The number of ether oxygens (including phenoxy) is 3. The number of halogens is 3. The molecule has 4 aliphatic heterocycles. The molecule has 17 heteroatoms. The van der Waals surface area contributed by atoms with E-state index in [1.807, 2.05) is 42.3 Å². The van der Waals surface area contributed by atoms with Crippen LogP contribution in [0.3, 0.4) is 0 Å². The molecular formula is C38H45ClF2N6O8. The van der Waals surface area contributed by atoms with Gasteiger partial charge in [0.1, 0.15) is 35.7 Å². The second-order valence-corrected chi connectivity index (χ2v) is 14.1. The molecule has 296 valence electrons. The lowest BCUT2D eigenvalue weighted by molar-refractivity contribution is 0.0597. The van der Waals surface area contributed by atoms with E-state index in [4.69, 9.17) is 14.2 Å². The van der Waals surface area contributed by atoms with Gasteiger partial charge in [0.25, 0.3) is 0 Å². The Morgan fingerprint density at radius 1 is 0.727 bits per heavy atom. The van der Waals surface area contributed by atoms with Crippen molar-refractivity contribution in [3.63, 3.8) is 0 Å². The molecule has 2 aromatic heterocycles. The van der Waals surface area contributed by atoms with Gasteiger partial charge in [-0.2, -0.15) is 0 Å². The SMILES string of the molecule is CCl.COC(=O)c1cn2c3c(c(N4CCN(C)CC4)c(F)cc3c1=O)OC[C@@H]2C.C[C@H]1COc2c(N3CCN(C)CC3)c(F)cc3c(=O)c(C(=O)O)cn1c23. The number of anilines is 2. The van der Waals surface area contributed by atoms with Crippen LogP contribution in [-0.2, 0) is 4.74 Å². The lowest BCUT2D eigenvalue weighted by atomic mass is 10.1. The van der Waals surface area contributed by atoms with Crippen molar-refractivity contribution in [1.82, 2.24) is 18.9 Å². The summed E-state index contributed by atoms with van der Waals surface area (Å²) < 4.78 is 50.1. The number of carbonyl (C=O) groups is 2. The average Bonchev–Trinajstić information content (AvgIpc) is 3.17. The molecule has 0 aliphatic carbocycles. The zero-order valence-electron chi connectivity index (χ0n) is 31.7. The van der Waals surface area contributed by atoms with Gasteiger partial charge in [-0.3, -0.25) is 9.59 Å². The zero-order valence-corrected chi connectivity index (χ0v) is 32.4. The van der Waals surface area contributed by atoms with Crippen molar-refractivity contribution in [2.45, 2.75) is 25.9 Å². The summed E-state index contributed by atoms with van der Waals surface area (Å²) in [5, 5.41) is 9.50. The molecule has 4 aliphatic rings. The Hall–Kier alpha value is -4.93. The molecule has 0 bridgehead atoms. The summed E-state index contributed by atoms with van der Waals surface area (Å²) in [6, 6.07) is 2.11. The molecule has 55 heavy (non-hydrogen) atoms. The first-order valence-electron chi connectivity index (χ1n) is 17.9. The van der Waals surface area contributed by atoms with Crippen molar-refractivity contribution in [3.8, 4) is 11.5 Å². The maximum atomic E-state index is 15.1. The molecule has 0 spiro atoms. The Morgan fingerprint density at radius 3 is 1.49 bits per heavy atom. The molecule has 2 fully saturated rings. The number of esters is 1. The number of alkyl halides is 1. The van der Waals surface area contributed by atoms with Gasteiger partial charge in [-0.25, -0.2) is 18.4 Å². The van der Waals surface area contributed by atoms with E-state index in [-0.39, 0.29) is 40.6 Å². The van der Waals surface area contributed by atoms with E-state index in [1.165, 1.54) is 32.0 Å². The molecule has 8 rings (SSSR count). The Morgan fingerprint density at radius 2 is 1.11 bits per heavy atom. The molecule has 2 aromatic carbocycles. The Balaban J connectivity index is 0.000000179. The second kappa shape index (κ2) is 16.0. The first-order valence-corrected chi connectivity index (χ1v) is 18.7. The van der Waals surface area contributed by atoms with E-state index in [9.17, 15) is 28.7 Å². The number of carboxylic acids is 1. The smallest absolute Gasteiger partial charge is 0.343 e. The zero-order chi connectivity index (χ0) is 39.9. The van der Waals surface area contributed by atoms with Gasteiger partial charge in [-0.15, -0.1) is 11.6 Å². The van der Waals surface area contributed by atoms with Crippen molar-refractivity contribution in [1.29, 1.82) is 0 Å². The van der Waals surface area contributed by atoms with E-state index in [1.54, 1.807) is 4.57 Å². The number of hydrogen-bond donors (Lipinski definition) is 1. The third-order valence-corrected chi connectivity index (χ3v) is 10.6. The van der Waals surface area contributed by atoms with Crippen LogP contribution < -0.4 is 30.1 Å². The number of methoxy groups -OCH3 is 1. The summed E-state index contributed by atoms with van der Waals surface area (Å²) >= 11 is 4.64. The lowest BCUT2D eigenvalue weighted by Gasteiger charge is -2.37. The predicted octanol–water partition coefficient (Wildman–Crippen LogP) is 4.03. The van der Waals surface area contributed by atoms with Gasteiger partial charge >= 0.3 is 11.9 Å². The Bertz CT molecular complexity index is 2270. The van der Waals surface area contributed by atoms with Gasteiger partial charge in [0, 0.05) is 71.1 Å². The molecule has 4 aromatic rings. The fourth-order valence-electron chi connectivity index (χ4n) is 7.48. The molecule has 2 saturated heterocycles. The summed E-state index contributed by atoms with van der Waals surface area (Å²) in [4.78, 5) is 57.0. The summed E-state index contributed by atoms with van der Waals surface area (Å²) in [6.07, 6.45) is 4.31. The van der Waals surface area contributed by atoms with Crippen molar-refractivity contribution in [3.05, 3.63) is 67.7 Å². The highest BCUT2D eigenvalue weighted by Crippen LogP contribution is 2.43. The predicted molar refractivity (Wildman–Crippen MR) is 206 cm³/mol. The molecule has 0 unspecified atom stereocenters. The summed E-state index contributed by atoms with van der Waals surface area (Å²) in [6.45, 7) is 10.3. The number of likely N-dealkylation sites (N-methyl/N-ethyl adjacent to an activating group) is 2. The summed E-state index contributed by atoms with van der Waals surface area (Å²) in [7, 11) is 5.26. The number of aromatic nitrogens is 2. The first-order chi connectivity index (χ1) is 26.3. The summed E-state index contributed by atoms with van der Waals surface area (Å²) in [5.41, 5.74) is 0.0498. The number of carbonyl (C=O) groups excluding carboxylic acids is 1. The van der Waals surface area contributed by atoms with Crippen LogP contribution in [0, 0.1) is 11.6 Å².